The van der Waals surface area contributed by atoms with Gasteiger partial charge >= 0.3 is 5.76 Å². The molecule has 1 aliphatic rings. The molecular formula is C14H19ClF2N2O3S. The lowest BCUT2D eigenvalue weighted by atomic mass is 10.1. The first-order valence-electron chi connectivity index (χ1n) is 6.99. The van der Waals surface area contributed by atoms with Crippen LogP contribution < -0.4 is 5.32 Å². The number of carbonyl (C=O) groups is 1. The molecule has 1 aromatic carbocycles. The first-order chi connectivity index (χ1) is 10.4. The third-order valence-corrected chi connectivity index (χ3v) is 4.75. The number of rotatable bonds is 4. The summed E-state index contributed by atoms with van der Waals surface area (Å²) in [5, 5.41) is 3.20. The second kappa shape index (κ2) is 8.56. The van der Waals surface area contributed by atoms with Gasteiger partial charge in [0.2, 0.25) is 9.84 Å². The number of amides is 1. The highest BCUT2D eigenvalue weighted by atomic mass is 35.5. The normalized spacial score (nSPS) is 15.9. The molecule has 0 atom stereocenters. The lowest BCUT2D eigenvalue weighted by Crippen LogP contribution is -2.34. The average Bonchev–Trinajstić information content (AvgIpc) is 2.76. The number of carbonyl (C=O) groups excluding carboxylic acids is 1. The summed E-state index contributed by atoms with van der Waals surface area (Å²) in [6.45, 7) is 2.87. The molecule has 0 bridgehead atoms. The minimum atomic E-state index is -4.45. The Morgan fingerprint density at radius 1 is 1.17 bits per heavy atom. The van der Waals surface area contributed by atoms with Crippen LogP contribution in [0, 0.1) is 0 Å². The lowest BCUT2D eigenvalue weighted by molar-refractivity contribution is 0.0766. The quantitative estimate of drug-likeness (QED) is 0.878. The molecule has 0 aromatic heterocycles. The molecule has 9 heteroatoms. The highest BCUT2D eigenvalue weighted by Crippen LogP contribution is 2.15. The van der Waals surface area contributed by atoms with Crippen LogP contribution in [0.2, 0.25) is 0 Å². The number of benzene rings is 1. The van der Waals surface area contributed by atoms with E-state index >= 15 is 0 Å². The van der Waals surface area contributed by atoms with Crippen molar-refractivity contribution in [3.63, 3.8) is 0 Å². The SMILES string of the molecule is Cl.O=C(c1ccc(CS(=O)(=O)C(F)F)cc1)N1CCCNCC1. The fourth-order valence-corrected chi connectivity index (χ4v) is 3.05. The first kappa shape index (κ1) is 19.8. The Labute approximate surface area is 140 Å². The molecule has 0 saturated carbocycles. The standard InChI is InChI=1S/C14H18F2N2O3S.ClH/c15-14(16)22(20,21)10-11-2-4-12(5-3-11)13(19)18-8-1-6-17-7-9-18;/h2-5,14,17H,1,6-10H2;1H. The van der Waals surface area contributed by atoms with Crippen LogP contribution in [0.4, 0.5) is 8.78 Å². The maximum absolute atomic E-state index is 12.3. The monoisotopic (exact) mass is 368 g/mol. The number of nitrogens with one attached hydrogen (secondary N) is 1. The van der Waals surface area contributed by atoms with Gasteiger partial charge in [0.15, 0.2) is 0 Å². The van der Waals surface area contributed by atoms with E-state index in [9.17, 15) is 22.0 Å². The van der Waals surface area contributed by atoms with Crippen molar-refractivity contribution in [2.24, 2.45) is 0 Å². The van der Waals surface area contributed by atoms with E-state index in [1.54, 1.807) is 4.90 Å². The molecule has 23 heavy (non-hydrogen) atoms. The Morgan fingerprint density at radius 2 is 1.83 bits per heavy atom. The van der Waals surface area contributed by atoms with Gasteiger partial charge in [-0.2, -0.15) is 8.78 Å². The number of alkyl halides is 2. The molecule has 5 nitrogen and oxygen atoms in total. The van der Waals surface area contributed by atoms with Gasteiger partial charge in [-0.05, 0) is 30.7 Å². The number of hydrogen-bond acceptors (Lipinski definition) is 4. The molecule has 1 saturated heterocycles. The van der Waals surface area contributed by atoms with E-state index in [1.807, 2.05) is 0 Å². The number of nitrogens with zero attached hydrogens (tertiary/aromatic N) is 1. The Morgan fingerprint density at radius 3 is 2.43 bits per heavy atom. The van der Waals surface area contributed by atoms with Gasteiger partial charge in [0.1, 0.15) is 0 Å². The van der Waals surface area contributed by atoms with Crippen molar-refractivity contribution in [2.45, 2.75) is 17.9 Å². The summed E-state index contributed by atoms with van der Waals surface area (Å²) in [5.74, 6) is -4.25. The number of hydrogen-bond donors (Lipinski definition) is 1. The highest BCUT2D eigenvalue weighted by Gasteiger charge is 2.24. The van der Waals surface area contributed by atoms with Gasteiger partial charge in [0.05, 0.1) is 5.75 Å². The number of sulfone groups is 1. The molecular weight excluding hydrogens is 350 g/mol. The molecule has 0 unspecified atom stereocenters. The van der Waals surface area contributed by atoms with Crippen molar-refractivity contribution < 1.29 is 22.0 Å². The van der Waals surface area contributed by atoms with E-state index in [2.05, 4.69) is 5.32 Å². The van der Waals surface area contributed by atoms with Crippen molar-refractivity contribution >= 4 is 28.2 Å². The predicted octanol–water partition coefficient (Wildman–Crippen LogP) is 1.68. The Bertz CT molecular complexity index is 615. The maximum atomic E-state index is 12.3. The summed E-state index contributed by atoms with van der Waals surface area (Å²) in [5.41, 5.74) is 0.675. The van der Waals surface area contributed by atoms with E-state index in [4.69, 9.17) is 0 Å². The smallest absolute Gasteiger partial charge is 0.337 e. The van der Waals surface area contributed by atoms with Crippen LogP contribution in [0.5, 0.6) is 0 Å². The van der Waals surface area contributed by atoms with Gasteiger partial charge in [-0.3, -0.25) is 4.79 Å². The van der Waals surface area contributed by atoms with Gasteiger partial charge in [-0.15, -0.1) is 12.4 Å². The molecule has 1 heterocycles. The van der Waals surface area contributed by atoms with Crippen molar-refractivity contribution in [1.82, 2.24) is 10.2 Å². The minimum Gasteiger partial charge on any atom is -0.337 e. The van der Waals surface area contributed by atoms with Gasteiger partial charge in [0.25, 0.3) is 5.91 Å². The second-order valence-corrected chi connectivity index (χ2v) is 7.13. The van der Waals surface area contributed by atoms with Crippen LogP contribution in [-0.4, -0.2) is 51.2 Å². The van der Waals surface area contributed by atoms with Gasteiger partial charge < -0.3 is 10.2 Å². The zero-order valence-electron chi connectivity index (χ0n) is 12.4. The molecule has 1 aromatic rings. The van der Waals surface area contributed by atoms with Gasteiger partial charge in [0, 0.05) is 25.2 Å². The minimum absolute atomic E-state index is 0. The van der Waals surface area contributed by atoms with E-state index < -0.39 is 21.3 Å². The van der Waals surface area contributed by atoms with E-state index in [0.717, 1.165) is 19.5 Å². The fraction of sp³-hybridized carbons (Fsp3) is 0.500. The molecule has 1 fully saturated rings. The lowest BCUT2D eigenvalue weighted by Gasteiger charge is -2.20. The van der Waals surface area contributed by atoms with Crippen LogP contribution in [0.15, 0.2) is 24.3 Å². The predicted molar refractivity (Wildman–Crippen MR) is 85.7 cm³/mol. The highest BCUT2D eigenvalue weighted by molar-refractivity contribution is 7.90. The van der Waals surface area contributed by atoms with Crippen LogP contribution in [0.3, 0.4) is 0 Å². The van der Waals surface area contributed by atoms with Crippen molar-refractivity contribution in [2.75, 3.05) is 26.2 Å². The van der Waals surface area contributed by atoms with E-state index in [1.165, 1.54) is 24.3 Å². The summed E-state index contributed by atoms with van der Waals surface area (Å²) >= 11 is 0. The first-order valence-corrected chi connectivity index (χ1v) is 8.70. The molecule has 1 N–H and O–H groups in total. The summed E-state index contributed by atoms with van der Waals surface area (Å²) in [4.78, 5) is 14.0. The maximum Gasteiger partial charge on any atom is 0.337 e. The number of halogens is 3. The van der Waals surface area contributed by atoms with Crippen LogP contribution >= 0.6 is 12.4 Å². The summed E-state index contributed by atoms with van der Waals surface area (Å²) < 4.78 is 47.0. The van der Waals surface area contributed by atoms with E-state index in [0.29, 0.717) is 18.7 Å². The fourth-order valence-electron chi connectivity index (χ4n) is 2.27. The summed E-state index contributed by atoms with van der Waals surface area (Å²) in [6, 6.07) is 5.78. The van der Waals surface area contributed by atoms with Crippen LogP contribution in [-0.2, 0) is 15.6 Å². The molecule has 0 spiro atoms. The Kier molecular flexibility index (Phi) is 7.37. The van der Waals surface area contributed by atoms with Crippen molar-refractivity contribution in [3.8, 4) is 0 Å². The second-order valence-electron chi connectivity index (χ2n) is 5.16. The average molecular weight is 369 g/mol. The molecule has 1 aliphatic heterocycles. The van der Waals surface area contributed by atoms with Crippen LogP contribution in [0.25, 0.3) is 0 Å². The van der Waals surface area contributed by atoms with Crippen molar-refractivity contribution in [3.05, 3.63) is 35.4 Å². The van der Waals surface area contributed by atoms with Gasteiger partial charge in [-0.25, -0.2) is 8.42 Å². The van der Waals surface area contributed by atoms with Crippen molar-refractivity contribution in [1.29, 1.82) is 0 Å². The Hall–Kier alpha value is -1.25. The Balaban J connectivity index is 0.00000264. The molecule has 0 radical (unpaired) electrons. The topological polar surface area (TPSA) is 66.5 Å². The molecule has 2 rings (SSSR count). The zero-order chi connectivity index (χ0) is 16.2. The summed E-state index contributed by atoms with van der Waals surface area (Å²) in [7, 11) is -4.45. The third-order valence-electron chi connectivity index (χ3n) is 3.47. The zero-order valence-corrected chi connectivity index (χ0v) is 14.0. The largest absolute Gasteiger partial charge is 0.337 e. The van der Waals surface area contributed by atoms with E-state index in [-0.39, 0.29) is 23.9 Å². The summed E-state index contributed by atoms with van der Waals surface area (Å²) in [6.07, 6.45) is 0.871. The molecule has 1 amide bonds. The third kappa shape index (κ3) is 5.40. The molecule has 0 aliphatic carbocycles. The van der Waals surface area contributed by atoms with Gasteiger partial charge in [-0.1, -0.05) is 12.1 Å². The molecule has 130 valence electrons. The van der Waals surface area contributed by atoms with Crippen LogP contribution in [0.1, 0.15) is 22.3 Å².